The van der Waals surface area contributed by atoms with E-state index in [1.54, 1.807) is 13.0 Å². The Bertz CT molecular complexity index is 268. The lowest BCUT2D eigenvalue weighted by atomic mass is 10.6. The zero-order chi connectivity index (χ0) is 8.97. The molecule has 0 saturated heterocycles. The number of carbonyl (C=O) groups excluding carboxylic acids is 1. The molecule has 0 aliphatic heterocycles. The number of hydrogen-bond donors (Lipinski definition) is 0. The van der Waals surface area contributed by atoms with Gasteiger partial charge in [0.15, 0.2) is 4.67 Å². The Kier molecular flexibility index (Phi) is 3.16. The molecule has 1 aromatic heterocycles. The lowest BCUT2D eigenvalue weighted by Gasteiger charge is -1.98. The average molecular weight is 235 g/mol. The molecule has 0 aliphatic rings. The molecule has 12 heavy (non-hydrogen) atoms. The second-order valence-corrected chi connectivity index (χ2v) is 2.63. The summed E-state index contributed by atoms with van der Waals surface area (Å²) in [6.45, 7) is 1.97. The molecule has 0 radical (unpaired) electrons. The van der Waals surface area contributed by atoms with E-state index in [0.29, 0.717) is 4.67 Å². The fourth-order valence-corrected chi connectivity index (χ4v) is 0.874. The first kappa shape index (κ1) is 9.12. The summed E-state index contributed by atoms with van der Waals surface area (Å²) in [5.41, 5.74) is 0. The fourth-order valence-electron chi connectivity index (χ4n) is 0.582. The normalized spacial score (nSPS) is 9.50. The molecule has 0 unspecified atom stereocenters. The molecule has 0 atom stereocenters. The zero-order valence-electron chi connectivity index (χ0n) is 6.37. The van der Waals surface area contributed by atoms with Gasteiger partial charge in [-0.25, -0.2) is 4.79 Å². The minimum Gasteiger partial charge on any atom is -0.434 e. The van der Waals surface area contributed by atoms with E-state index in [1.165, 1.54) is 6.07 Å². The van der Waals surface area contributed by atoms with Crippen molar-refractivity contribution in [2.75, 3.05) is 6.61 Å². The van der Waals surface area contributed by atoms with Gasteiger partial charge in [-0.3, -0.25) is 0 Å². The predicted octanol–water partition coefficient (Wildman–Crippen LogP) is 2.58. The topological polar surface area (TPSA) is 48.7 Å². The summed E-state index contributed by atoms with van der Waals surface area (Å²) in [7, 11) is 0. The van der Waals surface area contributed by atoms with Crippen molar-refractivity contribution in [2.45, 2.75) is 6.92 Å². The molecule has 1 aromatic rings. The van der Waals surface area contributed by atoms with Crippen molar-refractivity contribution in [3.63, 3.8) is 0 Å². The van der Waals surface area contributed by atoms with Gasteiger partial charge in [0.1, 0.15) is 0 Å². The number of hydrogen-bond acceptors (Lipinski definition) is 4. The SMILES string of the molecule is CCOC(=O)Oc1ccc(Br)o1. The molecular weight excluding hydrogens is 228 g/mol. The van der Waals surface area contributed by atoms with Gasteiger partial charge in [0.25, 0.3) is 5.95 Å². The summed E-state index contributed by atoms with van der Waals surface area (Å²) in [4.78, 5) is 10.7. The maximum Gasteiger partial charge on any atom is 0.516 e. The lowest BCUT2D eigenvalue weighted by molar-refractivity contribution is 0.0945. The van der Waals surface area contributed by atoms with Crippen LogP contribution in [0.15, 0.2) is 21.2 Å². The minimum absolute atomic E-state index is 0.111. The van der Waals surface area contributed by atoms with Gasteiger partial charge < -0.3 is 13.9 Å². The summed E-state index contributed by atoms with van der Waals surface area (Å²) in [5, 5.41) is 0. The van der Waals surface area contributed by atoms with E-state index >= 15 is 0 Å². The van der Waals surface area contributed by atoms with E-state index in [4.69, 9.17) is 4.42 Å². The monoisotopic (exact) mass is 234 g/mol. The van der Waals surface area contributed by atoms with Crippen LogP contribution in [-0.2, 0) is 4.74 Å². The third-order valence-corrected chi connectivity index (χ3v) is 1.42. The van der Waals surface area contributed by atoms with Crippen LogP contribution in [0.1, 0.15) is 6.92 Å². The summed E-state index contributed by atoms with van der Waals surface area (Å²) in [6.07, 6.45) is -0.764. The molecule has 0 fully saturated rings. The Morgan fingerprint density at radius 1 is 1.67 bits per heavy atom. The van der Waals surface area contributed by atoms with Crippen LogP contribution in [0.3, 0.4) is 0 Å². The van der Waals surface area contributed by atoms with Crippen molar-refractivity contribution >= 4 is 22.1 Å². The van der Waals surface area contributed by atoms with E-state index in [1.807, 2.05) is 0 Å². The molecule has 0 spiro atoms. The van der Waals surface area contributed by atoms with Crippen LogP contribution in [0.2, 0.25) is 0 Å². The largest absolute Gasteiger partial charge is 0.516 e. The molecule has 4 nitrogen and oxygen atoms in total. The van der Waals surface area contributed by atoms with Gasteiger partial charge in [0, 0.05) is 6.07 Å². The van der Waals surface area contributed by atoms with Gasteiger partial charge in [-0.05, 0) is 28.9 Å². The molecule has 0 bridgehead atoms. The Morgan fingerprint density at radius 2 is 2.42 bits per heavy atom. The van der Waals surface area contributed by atoms with Crippen LogP contribution in [0.4, 0.5) is 4.79 Å². The van der Waals surface area contributed by atoms with Gasteiger partial charge in [-0.2, -0.15) is 0 Å². The highest BCUT2D eigenvalue weighted by molar-refractivity contribution is 9.10. The van der Waals surface area contributed by atoms with Crippen LogP contribution in [0.5, 0.6) is 5.95 Å². The van der Waals surface area contributed by atoms with Crippen molar-refractivity contribution < 1.29 is 18.7 Å². The third-order valence-electron chi connectivity index (χ3n) is 0.995. The van der Waals surface area contributed by atoms with Crippen molar-refractivity contribution in [3.8, 4) is 5.95 Å². The number of ether oxygens (including phenoxy) is 2. The minimum atomic E-state index is -0.764. The maximum atomic E-state index is 10.7. The van der Waals surface area contributed by atoms with Gasteiger partial charge in [-0.1, -0.05) is 0 Å². The molecule has 5 heteroatoms. The van der Waals surface area contributed by atoms with Crippen molar-refractivity contribution in [1.29, 1.82) is 0 Å². The summed E-state index contributed by atoms with van der Waals surface area (Å²) in [6, 6.07) is 3.13. The number of rotatable bonds is 2. The van der Waals surface area contributed by atoms with Gasteiger partial charge in [-0.15, -0.1) is 0 Å². The smallest absolute Gasteiger partial charge is 0.434 e. The molecule has 1 heterocycles. The molecule has 66 valence electrons. The molecule has 0 amide bonds. The Morgan fingerprint density at radius 3 is 2.92 bits per heavy atom. The Hall–Kier alpha value is -0.970. The van der Waals surface area contributed by atoms with Crippen molar-refractivity contribution in [2.24, 2.45) is 0 Å². The molecule has 1 rings (SSSR count). The van der Waals surface area contributed by atoms with E-state index in [-0.39, 0.29) is 12.6 Å². The molecular formula is C7H7BrO4. The van der Waals surface area contributed by atoms with Crippen LogP contribution in [0, 0.1) is 0 Å². The average Bonchev–Trinajstić information content (AvgIpc) is 2.36. The number of halogens is 1. The van der Waals surface area contributed by atoms with Crippen LogP contribution in [0.25, 0.3) is 0 Å². The quantitative estimate of drug-likeness (QED) is 0.739. The summed E-state index contributed by atoms with van der Waals surface area (Å²) >= 11 is 3.06. The molecule has 0 saturated carbocycles. The van der Waals surface area contributed by atoms with Gasteiger partial charge in [0.05, 0.1) is 6.61 Å². The van der Waals surface area contributed by atoms with E-state index in [9.17, 15) is 4.79 Å². The summed E-state index contributed by atoms with van der Waals surface area (Å²) in [5.74, 6) is 0.111. The lowest BCUT2D eigenvalue weighted by Crippen LogP contribution is -2.09. The zero-order valence-corrected chi connectivity index (χ0v) is 7.96. The van der Waals surface area contributed by atoms with Crippen molar-refractivity contribution in [3.05, 3.63) is 16.8 Å². The fraction of sp³-hybridized carbons (Fsp3) is 0.286. The first-order chi connectivity index (χ1) is 5.72. The first-order valence-electron chi connectivity index (χ1n) is 3.32. The summed E-state index contributed by atoms with van der Waals surface area (Å²) < 4.78 is 14.5. The van der Waals surface area contributed by atoms with Crippen molar-refractivity contribution in [1.82, 2.24) is 0 Å². The predicted molar refractivity (Wildman–Crippen MR) is 44.1 cm³/mol. The number of furan rings is 1. The Labute approximate surface area is 77.6 Å². The first-order valence-corrected chi connectivity index (χ1v) is 4.11. The maximum absolute atomic E-state index is 10.7. The van der Waals surface area contributed by atoms with Gasteiger partial charge >= 0.3 is 6.16 Å². The van der Waals surface area contributed by atoms with E-state index in [2.05, 4.69) is 25.4 Å². The highest BCUT2D eigenvalue weighted by Gasteiger charge is 2.07. The van der Waals surface area contributed by atoms with Gasteiger partial charge in [0.2, 0.25) is 0 Å². The third kappa shape index (κ3) is 2.58. The number of carbonyl (C=O) groups is 1. The van der Waals surface area contributed by atoms with Crippen LogP contribution >= 0.6 is 15.9 Å². The van der Waals surface area contributed by atoms with E-state index in [0.717, 1.165) is 0 Å². The Balaban J connectivity index is 2.46. The standard InChI is InChI=1S/C7H7BrO4/c1-2-10-7(9)12-6-4-3-5(8)11-6/h3-4H,2H2,1H3. The van der Waals surface area contributed by atoms with Crippen LogP contribution in [-0.4, -0.2) is 12.8 Å². The van der Waals surface area contributed by atoms with E-state index < -0.39 is 6.16 Å². The highest BCUT2D eigenvalue weighted by Crippen LogP contribution is 2.20. The van der Waals surface area contributed by atoms with Crippen LogP contribution < -0.4 is 4.74 Å². The second kappa shape index (κ2) is 4.15. The highest BCUT2D eigenvalue weighted by atomic mass is 79.9. The second-order valence-electron chi connectivity index (χ2n) is 1.84. The molecule has 0 N–H and O–H groups in total. The molecule has 0 aliphatic carbocycles. The molecule has 0 aromatic carbocycles.